The fourth-order valence-electron chi connectivity index (χ4n) is 3.24. The molecule has 2 heterocycles. The summed E-state index contributed by atoms with van der Waals surface area (Å²) in [6.45, 7) is 5.47. The second kappa shape index (κ2) is 5.83. The molecule has 2 aliphatic heterocycles. The lowest BCUT2D eigenvalue weighted by Gasteiger charge is -2.44. The van der Waals surface area contributed by atoms with Crippen LogP contribution in [0.5, 0.6) is 0 Å². The van der Waals surface area contributed by atoms with Crippen molar-refractivity contribution in [3.63, 3.8) is 0 Å². The normalized spacial score (nSPS) is 31.5. The monoisotopic (exact) mass is 239 g/mol. The predicted molar refractivity (Wildman–Crippen MR) is 68.7 cm³/mol. The predicted octanol–water partition coefficient (Wildman–Crippen LogP) is 0.811. The molecule has 0 saturated carbocycles. The van der Waals surface area contributed by atoms with Crippen LogP contribution in [0, 0.1) is 0 Å². The lowest BCUT2D eigenvalue weighted by atomic mass is 9.96. The number of carbonyl (C=O) groups excluding carboxylic acids is 1. The van der Waals surface area contributed by atoms with E-state index in [1.165, 1.54) is 32.2 Å². The molecule has 0 radical (unpaired) electrons. The van der Waals surface area contributed by atoms with E-state index in [2.05, 4.69) is 11.8 Å². The first-order chi connectivity index (χ1) is 8.22. The highest BCUT2D eigenvalue weighted by molar-refractivity contribution is 5.78. The number of carbonyl (C=O) groups is 1. The SMILES string of the molecule is CC1CCCCN1C1CCCN(C(=O)CN)C1. The Kier molecular flexibility index (Phi) is 4.40. The maximum atomic E-state index is 11.7. The molecule has 0 aromatic rings. The van der Waals surface area contributed by atoms with Gasteiger partial charge in [0.15, 0.2) is 0 Å². The third kappa shape index (κ3) is 2.99. The van der Waals surface area contributed by atoms with Crippen LogP contribution in [-0.2, 0) is 4.79 Å². The topological polar surface area (TPSA) is 49.6 Å². The number of hydrogen-bond donors (Lipinski definition) is 1. The molecular formula is C13H25N3O. The van der Waals surface area contributed by atoms with Gasteiger partial charge in [0.1, 0.15) is 0 Å². The van der Waals surface area contributed by atoms with Crippen molar-refractivity contribution in [2.24, 2.45) is 5.73 Å². The van der Waals surface area contributed by atoms with Gasteiger partial charge in [-0.15, -0.1) is 0 Å². The van der Waals surface area contributed by atoms with Crippen molar-refractivity contribution in [3.05, 3.63) is 0 Å². The van der Waals surface area contributed by atoms with E-state index in [4.69, 9.17) is 5.73 Å². The van der Waals surface area contributed by atoms with E-state index in [0.717, 1.165) is 19.5 Å². The summed E-state index contributed by atoms with van der Waals surface area (Å²) in [5, 5.41) is 0. The van der Waals surface area contributed by atoms with Crippen LogP contribution in [0.4, 0.5) is 0 Å². The van der Waals surface area contributed by atoms with Gasteiger partial charge in [-0.3, -0.25) is 9.69 Å². The molecule has 2 fully saturated rings. The maximum Gasteiger partial charge on any atom is 0.236 e. The maximum absolute atomic E-state index is 11.7. The molecule has 17 heavy (non-hydrogen) atoms. The summed E-state index contributed by atoms with van der Waals surface area (Å²) >= 11 is 0. The zero-order valence-electron chi connectivity index (χ0n) is 10.9. The molecule has 98 valence electrons. The largest absolute Gasteiger partial charge is 0.340 e. The van der Waals surface area contributed by atoms with Gasteiger partial charge in [-0.2, -0.15) is 0 Å². The smallest absolute Gasteiger partial charge is 0.236 e. The summed E-state index contributed by atoms with van der Waals surface area (Å²) in [6.07, 6.45) is 6.33. The van der Waals surface area contributed by atoms with Gasteiger partial charge in [-0.1, -0.05) is 6.42 Å². The van der Waals surface area contributed by atoms with Gasteiger partial charge in [0.05, 0.1) is 6.54 Å². The summed E-state index contributed by atoms with van der Waals surface area (Å²) < 4.78 is 0. The molecule has 0 aromatic carbocycles. The summed E-state index contributed by atoms with van der Waals surface area (Å²) in [5.41, 5.74) is 5.45. The number of amides is 1. The van der Waals surface area contributed by atoms with Crippen LogP contribution < -0.4 is 5.73 Å². The molecule has 2 N–H and O–H groups in total. The van der Waals surface area contributed by atoms with Gasteiger partial charge in [0.2, 0.25) is 5.91 Å². The molecule has 4 heteroatoms. The highest BCUT2D eigenvalue weighted by Crippen LogP contribution is 2.24. The van der Waals surface area contributed by atoms with Gasteiger partial charge in [0.25, 0.3) is 0 Å². The van der Waals surface area contributed by atoms with Gasteiger partial charge in [-0.25, -0.2) is 0 Å². The fourth-order valence-corrected chi connectivity index (χ4v) is 3.24. The van der Waals surface area contributed by atoms with Gasteiger partial charge in [-0.05, 0) is 39.2 Å². The lowest BCUT2D eigenvalue weighted by Crippen LogP contribution is -2.54. The number of nitrogens with two attached hydrogens (primary N) is 1. The van der Waals surface area contributed by atoms with Crippen molar-refractivity contribution in [1.29, 1.82) is 0 Å². The number of piperidine rings is 2. The number of rotatable bonds is 2. The Labute approximate surface area is 104 Å². The van der Waals surface area contributed by atoms with Gasteiger partial charge >= 0.3 is 0 Å². The van der Waals surface area contributed by atoms with E-state index < -0.39 is 0 Å². The molecule has 2 atom stereocenters. The zero-order chi connectivity index (χ0) is 12.3. The molecule has 0 aliphatic carbocycles. The minimum Gasteiger partial charge on any atom is -0.340 e. The van der Waals surface area contributed by atoms with Crippen molar-refractivity contribution in [3.8, 4) is 0 Å². The highest BCUT2D eigenvalue weighted by atomic mass is 16.2. The minimum atomic E-state index is 0.111. The summed E-state index contributed by atoms with van der Waals surface area (Å²) in [6, 6.07) is 1.25. The highest BCUT2D eigenvalue weighted by Gasteiger charge is 2.30. The number of likely N-dealkylation sites (tertiary alicyclic amines) is 2. The summed E-state index contributed by atoms with van der Waals surface area (Å²) in [5.74, 6) is 0.111. The van der Waals surface area contributed by atoms with Crippen LogP contribution in [0.2, 0.25) is 0 Å². The first-order valence-corrected chi connectivity index (χ1v) is 6.96. The van der Waals surface area contributed by atoms with E-state index in [0.29, 0.717) is 12.1 Å². The van der Waals surface area contributed by atoms with Crippen LogP contribution in [0.3, 0.4) is 0 Å². The van der Waals surface area contributed by atoms with E-state index in [1.807, 2.05) is 4.90 Å². The Morgan fingerprint density at radius 3 is 2.76 bits per heavy atom. The molecule has 2 saturated heterocycles. The molecular weight excluding hydrogens is 214 g/mol. The third-order valence-corrected chi connectivity index (χ3v) is 4.25. The van der Waals surface area contributed by atoms with Crippen LogP contribution in [0.15, 0.2) is 0 Å². The van der Waals surface area contributed by atoms with Crippen LogP contribution in [0.25, 0.3) is 0 Å². The summed E-state index contributed by atoms with van der Waals surface area (Å²) in [4.78, 5) is 16.2. The summed E-state index contributed by atoms with van der Waals surface area (Å²) in [7, 11) is 0. The van der Waals surface area contributed by atoms with Crippen LogP contribution >= 0.6 is 0 Å². The lowest BCUT2D eigenvalue weighted by molar-refractivity contribution is -0.132. The number of nitrogens with zero attached hydrogens (tertiary/aromatic N) is 2. The molecule has 2 unspecified atom stereocenters. The Morgan fingerprint density at radius 1 is 1.24 bits per heavy atom. The third-order valence-electron chi connectivity index (χ3n) is 4.25. The second-order valence-electron chi connectivity index (χ2n) is 5.42. The fraction of sp³-hybridized carbons (Fsp3) is 0.923. The van der Waals surface area contributed by atoms with Crippen molar-refractivity contribution in [1.82, 2.24) is 9.80 Å². The molecule has 0 bridgehead atoms. The van der Waals surface area contributed by atoms with Crippen molar-refractivity contribution in [2.45, 2.75) is 51.1 Å². The second-order valence-corrected chi connectivity index (χ2v) is 5.42. The number of hydrogen-bond acceptors (Lipinski definition) is 3. The first kappa shape index (κ1) is 12.8. The van der Waals surface area contributed by atoms with Crippen molar-refractivity contribution in [2.75, 3.05) is 26.2 Å². The van der Waals surface area contributed by atoms with Crippen LogP contribution in [0.1, 0.15) is 39.0 Å². The van der Waals surface area contributed by atoms with Gasteiger partial charge < -0.3 is 10.6 Å². The molecule has 4 nitrogen and oxygen atoms in total. The van der Waals surface area contributed by atoms with E-state index in [-0.39, 0.29) is 12.5 Å². The van der Waals surface area contributed by atoms with E-state index >= 15 is 0 Å². The van der Waals surface area contributed by atoms with E-state index in [1.54, 1.807) is 0 Å². The Balaban J connectivity index is 1.94. The average Bonchev–Trinajstić information content (AvgIpc) is 2.38. The molecule has 1 amide bonds. The quantitative estimate of drug-likeness (QED) is 0.776. The first-order valence-electron chi connectivity index (χ1n) is 6.96. The van der Waals surface area contributed by atoms with E-state index in [9.17, 15) is 4.79 Å². The van der Waals surface area contributed by atoms with Gasteiger partial charge in [0, 0.05) is 25.2 Å². The van der Waals surface area contributed by atoms with Crippen LogP contribution in [-0.4, -0.2) is 54.0 Å². The average molecular weight is 239 g/mol. The van der Waals surface area contributed by atoms with Crippen molar-refractivity contribution < 1.29 is 4.79 Å². The standard InChI is InChI=1S/C13H25N3O/c1-11-5-2-3-8-16(11)12-6-4-7-15(10-12)13(17)9-14/h11-12H,2-10,14H2,1H3. The Morgan fingerprint density at radius 2 is 2.06 bits per heavy atom. The molecule has 0 spiro atoms. The Hall–Kier alpha value is -0.610. The minimum absolute atomic E-state index is 0.111. The molecule has 2 rings (SSSR count). The molecule has 0 aromatic heterocycles. The van der Waals surface area contributed by atoms with Crippen molar-refractivity contribution >= 4 is 5.91 Å². The Bertz CT molecular complexity index is 269. The zero-order valence-corrected chi connectivity index (χ0v) is 10.9. The molecule has 2 aliphatic rings.